The van der Waals surface area contributed by atoms with Crippen molar-refractivity contribution in [1.29, 1.82) is 0 Å². The number of fused-ring (bicyclic) bond motifs is 1. The van der Waals surface area contributed by atoms with Crippen LogP contribution in [0, 0.1) is 0 Å². The zero-order valence-electron chi connectivity index (χ0n) is 13.9. The van der Waals surface area contributed by atoms with Gasteiger partial charge in [-0.15, -0.1) is 0 Å². The molecule has 2 amide bonds. The normalized spacial score (nSPS) is 10.6. The average Bonchev–Trinajstić information content (AvgIpc) is 2.67. The summed E-state index contributed by atoms with van der Waals surface area (Å²) in [4.78, 5) is 22.8. The Morgan fingerprint density at radius 3 is 2.00 bits per heavy atom. The minimum atomic E-state index is -4.00. The second-order valence-corrected chi connectivity index (χ2v) is 6.72. The molecule has 0 radical (unpaired) electrons. The van der Waals surface area contributed by atoms with Crippen LogP contribution in [-0.2, 0) is 10.1 Å². The van der Waals surface area contributed by atoms with Crippen LogP contribution < -0.4 is 11.2 Å². The van der Waals surface area contributed by atoms with Gasteiger partial charge in [0.15, 0.2) is 0 Å². The Bertz CT molecular complexity index is 1080. The van der Waals surface area contributed by atoms with Gasteiger partial charge in [-0.05, 0) is 29.0 Å². The zero-order chi connectivity index (χ0) is 20.0. The molecule has 0 aliphatic heterocycles. The second-order valence-electron chi connectivity index (χ2n) is 5.30. The summed E-state index contributed by atoms with van der Waals surface area (Å²) in [5.74, 6) is -1.47. The van der Waals surface area contributed by atoms with Crippen LogP contribution >= 0.6 is 0 Å². The molecular weight excluding hydrogens is 372 g/mol. The van der Waals surface area contributed by atoms with Crippen molar-refractivity contribution in [2.75, 3.05) is 0 Å². The maximum absolute atomic E-state index is 11.6. The summed E-state index contributed by atoms with van der Waals surface area (Å²) in [6.07, 6.45) is 0. The van der Waals surface area contributed by atoms with E-state index in [0.717, 1.165) is 5.39 Å². The van der Waals surface area contributed by atoms with E-state index >= 15 is 0 Å². The highest BCUT2D eigenvalue weighted by Crippen LogP contribution is 2.22. The van der Waals surface area contributed by atoms with E-state index in [1.54, 1.807) is 42.5 Å². The quantitative estimate of drug-likeness (QED) is 0.306. The topological polar surface area (TPSA) is 147 Å². The molecule has 0 saturated carbocycles. The van der Waals surface area contributed by atoms with E-state index in [4.69, 9.17) is 15.5 Å². The fourth-order valence-electron chi connectivity index (χ4n) is 2.37. The lowest BCUT2D eigenvalue weighted by atomic mass is 9.98. The van der Waals surface area contributed by atoms with Gasteiger partial charge in [0.1, 0.15) is 0 Å². The van der Waals surface area contributed by atoms with Gasteiger partial charge in [-0.3, -0.25) is 19.3 Å². The molecule has 0 atom stereocenters. The van der Waals surface area contributed by atoms with E-state index in [2.05, 4.69) is 0 Å². The van der Waals surface area contributed by atoms with Gasteiger partial charge in [0, 0.05) is 0 Å². The molecule has 3 aromatic rings. The Hall–Kier alpha value is -3.27. The van der Waals surface area contributed by atoms with Crippen molar-refractivity contribution in [3.63, 3.8) is 0 Å². The third-order valence-corrected chi connectivity index (χ3v) is 4.43. The number of primary amides is 1. The van der Waals surface area contributed by atoms with Crippen molar-refractivity contribution in [2.45, 2.75) is 4.90 Å². The van der Waals surface area contributed by atoms with Crippen molar-refractivity contribution in [1.82, 2.24) is 5.48 Å². The summed E-state index contributed by atoms with van der Waals surface area (Å²) >= 11 is 0. The molecular formula is C18H16N2O6S. The largest absolute Gasteiger partial charge is 0.366 e. The number of benzene rings is 3. The molecule has 0 fully saturated rings. The monoisotopic (exact) mass is 388 g/mol. The standard InChI is InChI=1S/C12H10N2O3.C6H6O3S/c13-11(15)9-6-5-7-3-1-2-4-8(7)10(9)12(16)14-17;7-10(8,9)6-4-2-1-3-5-6/h1-6,17H,(H2,13,15)(H,14,16);1-5H,(H,7,8,9). The summed E-state index contributed by atoms with van der Waals surface area (Å²) in [6.45, 7) is 0. The number of carbonyl (C=O) groups is 2. The molecule has 0 heterocycles. The van der Waals surface area contributed by atoms with Gasteiger partial charge in [-0.2, -0.15) is 8.42 Å². The Kier molecular flexibility index (Phi) is 6.24. The molecule has 8 nitrogen and oxygen atoms in total. The summed E-state index contributed by atoms with van der Waals surface area (Å²) in [7, 11) is -4.00. The number of hydrogen-bond donors (Lipinski definition) is 4. The van der Waals surface area contributed by atoms with Gasteiger partial charge < -0.3 is 5.73 Å². The molecule has 27 heavy (non-hydrogen) atoms. The molecule has 0 unspecified atom stereocenters. The smallest absolute Gasteiger partial charge is 0.294 e. The highest BCUT2D eigenvalue weighted by Gasteiger charge is 2.17. The molecule has 0 aliphatic rings. The van der Waals surface area contributed by atoms with Gasteiger partial charge >= 0.3 is 0 Å². The maximum Gasteiger partial charge on any atom is 0.294 e. The molecule has 140 valence electrons. The molecule has 0 spiro atoms. The highest BCUT2D eigenvalue weighted by atomic mass is 32.2. The minimum absolute atomic E-state index is 0.0741. The number of amides is 2. The Morgan fingerprint density at radius 1 is 0.889 bits per heavy atom. The third-order valence-electron chi connectivity index (χ3n) is 3.56. The van der Waals surface area contributed by atoms with E-state index in [9.17, 15) is 18.0 Å². The van der Waals surface area contributed by atoms with Crippen molar-refractivity contribution < 1.29 is 27.8 Å². The highest BCUT2D eigenvalue weighted by molar-refractivity contribution is 7.85. The summed E-state index contributed by atoms with van der Waals surface area (Å²) in [5.41, 5.74) is 6.88. The van der Waals surface area contributed by atoms with Gasteiger partial charge in [-0.25, -0.2) is 5.48 Å². The van der Waals surface area contributed by atoms with E-state index in [1.165, 1.54) is 23.7 Å². The Morgan fingerprint density at radius 2 is 1.48 bits per heavy atom. The summed E-state index contributed by atoms with van der Waals surface area (Å²) in [5, 5.41) is 10.1. The van der Waals surface area contributed by atoms with Crippen LogP contribution in [0.5, 0.6) is 0 Å². The molecule has 0 saturated heterocycles. The van der Waals surface area contributed by atoms with Gasteiger partial charge in [-0.1, -0.05) is 48.5 Å². The Labute approximate surface area is 154 Å². The van der Waals surface area contributed by atoms with Crippen molar-refractivity contribution in [2.24, 2.45) is 5.73 Å². The molecule has 0 aliphatic carbocycles. The molecule has 9 heteroatoms. The van der Waals surface area contributed by atoms with Gasteiger partial charge in [0.05, 0.1) is 16.0 Å². The third kappa shape index (κ3) is 4.88. The van der Waals surface area contributed by atoms with Crippen LogP contribution in [-0.4, -0.2) is 30.0 Å². The lowest BCUT2D eigenvalue weighted by Gasteiger charge is -2.08. The number of nitrogens with one attached hydrogen (secondary N) is 1. The fraction of sp³-hybridized carbons (Fsp3) is 0. The summed E-state index contributed by atoms with van der Waals surface area (Å²) < 4.78 is 29.2. The van der Waals surface area contributed by atoms with Crippen LogP contribution in [0.1, 0.15) is 20.7 Å². The second kappa shape index (κ2) is 8.41. The van der Waals surface area contributed by atoms with Gasteiger partial charge in [0.2, 0.25) is 5.91 Å². The van der Waals surface area contributed by atoms with E-state index in [-0.39, 0.29) is 16.0 Å². The molecule has 3 aromatic carbocycles. The molecule has 0 aromatic heterocycles. The maximum atomic E-state index is 11.6. The first-order chi connectivity index (χ1) is 12.8. The van der Waals surface area contributed by atoms with Crippen molar-refractivity contribution in [3.05, 3.63) is 77.9 Å². The SMILES string of the molecule is NC(=O)c1ccc2ccccc2c1C(=O)NO.O=S(=O)(O)c1ccccc1. The molecule has 0 bridgehead atoms. The van der Waals surface area contributed by atoms with Crippen molar-refractivity contribution >= 4 is 32.7 Å². The van der Waals surface area contributed by atoms with Crippen LogP contribution in [0.25, 0.3) is 10.8 Å². The number of carbonyl (C=O) groups excluding carboxylic acids is 2. The lowest BCUT2D eigenvalue weighted by molar-refractivity contribution is 0.0704. The Balaban J connectivity index is 0.000000223. The lowest BCUT2D eigenvalue weighted by Crippen LogP contribution is -2.24. The zero-order valence-corrected chi connectivity index (χ0v) is 14.7. The first-order valence-electron chi connectivity index (χ1n) is 7.54. The van der Waals surface area contributed by atoms with Gasteiger partial charge in [0.25, 0.3) is 16.0 Å². The number of hydrogen-bond acceptors (Lipinski definition) is 5. The number of rotatable bonds is 3. The molecule has 5 N–H and O–H groups in total. The van der Waals surface area contributed by atoms with Crippen LogP contribution in [0.15, 0.2) is 71.6 Å². The number of nitrogens with two attached hydrogens (primary N) is 1. The van der Waals surface area contributed by atoms with E-state index in [1.807, 2.05) is 6.07 Å². The van der Waals surface area contributed by atoms with Crippen LogP contribution in [0.2, 0.25) is 0 Å². The van der Waals surface area contributed by atoms with Crippen LogP contribution in [0.4, 0.5) is 0 Å². The first kappa shape index (κ1) is 20.0. The van der Waals surface area contributed by atoms with Crippen LogP contribution in [0.3, 0.4) is 0 Å². The fourth-order valence-corrected chi connectivity index (χ4v) is 2.87. The van der Waals surface area contributed by atoms with E-state index in [0.29, 0.717) is 5.39 Å². The summed E-state index contributed by atoms with van der Waals surface area (Å²) in [6, 6.07) is 17.6. The minimum Gasteiger partial charge on any atom is -0.366 e. The average molecular weight is 388 g/mol. The van der Waals surface area contributed by atoms with E-state index < -0.39 is 21.9 Å². The number of hydroxylamine groups is 1. The predicted molar refractivity (Wildman–Crippen MR) is 98.0 cm³/mol. The van der Waals surface area contributed by atoms with Crippen molar-refractivity contribution in [3.8, 4) is 0 Å². The molecule has 3 rings (SSSR count). The predicted octanol–water partition coefficient (Wildman–Crippen LogP) is 1.99. The first-order valence-corrected chi connectivity index (χ1v) is 8.98.